The number of methoxy groups -OCH3 is 2. The van der Waals surface area contributed by atoms with Crippen LogP contribution < -0.4 is 18.9 Å². The van der Waals surface area contributed by atoms with Crippen LogP contribution in [-0.4, -0.2) is 79.7 Å². The summed E-state index contributed by atoms with van der Waals surface area (Å²) in [7, 11) is 3.04. The van der Waals surface area contributed by atoms with Gasteiger partial charge in [0.1, 0.15) is 0 Å². The van der Waals surface area contributed by atoms with Gasteiger partial charge in [0.15, 0.2) is 23.0 Å². The molecule has 2 aromatic carbocycles. The van der Waals surface area contributed by atoms with Gasteiger partial charge in [-0.15, -0.1) is 0 Å². The number of hydrogen-bond donors (Lipinski definition) is 0. The molecule has 41 heavy (non-hydrogen) atoms. The van der Waals surface area contributed by atoms with Gasteiger partial charge in [-0.3, -0.25) is 19.6 Å². The van der Waals surface area contributed by atoms with Crippen LogP contribution in [0.5, 0.6) is 23.0 Å². The molecule has 4 heterocycles. The first-order valence-electron chi connectivity index (χ1n) is 13.6. The Morgan fingerprint density at radius 3 is 1.61 bits per heavy atom. The van der Waals surface area contributed by atoms with Crippen LogP contribution in [0.4, 0.5) is 11.4 Å². The van der Waals surface area contributed by atoms with Crippen molar-refractivity contribution in [3.63, 3.8) is 0 Å². The van der Waals surface area contributed by atoms with Gasteiger partial charge >= 0.3 is 0 Å². The lowest BCUT2D eigenvalue weighted by Crippen LogP contribution is -2.35. The third kappa shape index (κ3) is 4.73. The summed E-state index contributed by atoms with van der Waals surface area (Å²) in [4.78, 5) is 39.4. The number of fused-ring (bicyclic) bond motifs is 4. The Balaban J connectivity index is 1.28. The molecule has 0 unspecified atom stereocenters. The molecular weight excluding hydrogens is 524 g/mol. The maximum Gasteiger partial charge on any atom is 0.257 e. The van der Waals surface area contributed by atoms with E-state index in [0.717, 1.165) is 11.1 Å². The zero-order valence-electron chi connectivity index (χ0n) is 23.4. The third-order valence-corrected chi connectivity index (χ3v) is 7.75. The number of carbonyl (C=O) groups is 2. The van der Waals surface area contributed by atoms with Gasteiger partial charge in [0.2, 0.25) is 6.29 Å². The predicted octanol–water partition coefficient (Wildman–Crippen LogP) is 4.87. The van der Waals surface area contributed by atoms with Crippen LogP contribution in [-0.2, 0) is 0 Å². The Kier molecular flexibility index (Phi) is 6.76. The molecule has 10 nitrogen and oxygen atoms in total. The molecule has 2 amide bonds. The molecule has 0 aromatic heterocycles. The first-order valence-corrected chi connectivity index (χ1v) is 13.6. The summed E-state index contributed by atoms with van der Waals surface area (Å²) >= 11 is 0. The second-order valence-electron chi connectivity index (χ2n) is 10.6. The number of rotatable bonds is 7. The van der Waals surface area contributed by atoms with Gasteiger partial charge in [-0.25, -0.2) is 0 Å². The molecule has 2 fully saturated rings. The van der Waals surface area contributed by atoms with Gasteiger partial charge in [0.25, 0.3) is 11.8 Å². The molecular formula is C31H32N4O6. The highest BCUT2D eigenvalue weighted by atomic mass is 16.7. The van der Waals surface area contributed by atoms with Crippen LogP contribution in [0.25, 0.3) is 0 Å². The molecule has 0 aliphatic carbocycles. The summed E-state index contributed by atoms with van der Waals surface area (Å²) in [5, 5.41) is 0. The molecule has 10 heteroatoms. The van der Waals surface area contributed by atoms with E-state index in [2.05, 4.69) is 23.1 Å². The quantitative estimate of drug-likeness (QED) is 0.356. The van der Waals surface area contributed by atoms with Crippen LogP contribution >= 0.6 is 0 Å². The van der Waals surface area contributed by atoms with Crippen molar-refractivity contribution in [3.8, 4) is 23.0 Å². The molecule has 2 aromatic rings. The van der Waals surface area contributed by atoms with Crippen LogP contribution in [0.2, 0.25) is 0 Å². The smallest absolute Gasteiger partial charge is 0.257 e. The Hall–Kier alpha value is -4.60. The summed E-state index contributed by atoms with van der Waals surface area (Å²) in [6.07, 6.45) is 4.69. The van der Waals surface area contributed by atoms with E-state index < -0.39 is 6.29 Å². The zero-order valence-corrected chi connectivity index (χ0v) is 23.4. The van der Waals surface area contributed by atoms with Crippen molar-refractivity contribution >= 4 is 35.6 Å². The molecule has 4 aliphatic rings. The van der Waals surface area contributed by atoms with Crippen LogP contribution in [0, 0.1) is 0 Å². The molecule has 4 aliphatic heterocycles. The highest BCUT2D eigenvalue weighted by molar-refractivity contribution is 6.04. The maximum atomic E-state index is 13.3. The lowest BCUT2D eigenvalue weighted by molar-refractivity contribution is -0.000134. The molecule has 0 N–H and O–H groups in total. The molecule has 2 saturated heterocycles. The van der Waals surface area contributed by atoms with Crippen LogP contribution in [0.1, 0.15) is 46.9 Å². The second-order valence-corrected chi connectivity index (χ2v) is 10.6. The van der Waals surface area contributed by atoms with Gasteiger partial charge in [0.05, 0.1) is 48.8 Å². The summed E-state index contributed by atoms with van der Waals surface area (Å²) < 4.78 is 23.7. The van der Waals surface area contributed by atoms with E-state index in [0.29, 0.717) is 77.9 Å². The van der Waals surface area contributed by atoms with Gasteiger partial charge < -0.3 is 28.7 Å². The number of aliphatic imine (C=N–C) groups is 2. The van der Waals surface area contributed by atoms with E-state index in [1.54, 1.807) is 46.5 Å². The molecule has 2 atom stereocenters. The monoisotopic (exact) mass is 556 g/mol. The van der Waals surface area contributed by atoms with Gasteiger partial charge in [-0.1, -0.05) is 31.2 Å². The first kappa shape index (κ1) is 26.6. The summed E-state index contributed by atoms with van der Waals surface area (Å²) in [5.74, 6) is 1.30. The van der Waals surface area contributed by atoms with Gasteiger partial charge in [-0.2, -0.15) is 0 Å². The van der Waals surface area contributed by atoms with E-state index >= 15 is 0 Å². The number of hydrogen-bond acceptors (Lipinski definition) is 8. The fraction of sp³-hybridized carbons (Fsp3) is 0.355. The average Bonchev–Trinajstić information content (AvgIpc) is 3.48. The fourth-order valence-corrected chi connectivity index (χ4v) is 5.64. The number of ether oxygens (including phenoxy) is 4. The molecule has 0 saturated carbocycles. The van der Waals surface area contributed by atoms with Crippen molar-refractivity contribution in [1.29, 1.82) is 0 Å². The van der Waals surface area contributed by atoms with Crippen LogP contribution in [0.15, 0.2) is 58.6 Å². The molecule has 212 valence electrons. The fourth-order valence-electron chi connectivity index (χ4n) is 5.64. The van der Waals surface area contributed by atoms with Crippen molar-refractivity contribution < 1.29 is 28.5 Å². The summed E-state index contributed by atoms with van der Waals surface area (Å²) in [5.41, 5.74) is 3.88. The summed E-state index contributed by atoms with van der Waals surface area (Å²) in [6, 6.07) is 6.48. The normalized spacial score (nSPS) is 20.9. The number of benzene rings is 2. The molecule has 0 spiro atoms. The summed E-state index contributed by atoms with van der Waals surface area (Å²) in [6.45, 7) is 11.0. The number of nitrogens with zero attached hydrogens (tertiary/aromatic N) is 4. The van der Waals surface area contributed by atoms with E-state index in [-0.39, 0.29) is 23.9 Å². The van der Waals surface area contributed by atoms with E-state index in [9.17, 15) is 9.59 Å². The Labute approximate surface area is 238 Å². The molecule has 0 bridgehead atoms. The van der Waals surface area contributed by atoms with Crippen molar-refractivity contribution in [1.82, 2.24) is 9.80 Å². The average molecular weight is 557 g/mol. The lowest BCUT2D eigenvalue weighted by Gasteiger charge is -2.24. The number of amides is 2. The lowest BCUT2D eigenvalue weighted by atomic mass is 10.1. The maximum absolute atomic E-state index is 13.3. The van der Waals surface area contributed by atoms with E-state index in [1.807, 2.05) is 6.92 Å². The number of carbonyl (C=O) groups excluding carboxylic acids is 2. The highest BCUT2D eigenvalue weighted by Crippen LogP contribution is 2.41. The minimum Gasteiger partial charge on any atom is -0.493 e. The van der Waals surface area contributed by atoms with Gasteiger partial charge in [-0.05, 0) is 25.0 Å². The minimum absolute atomic E-state index is 0.116. The van der Waals surface area contributed by atoms with Crippen molar-refractivity contribution in [2.75, 3.05) is 27.3 Å². The van der Waals surface area contributed by atoms with Crippen LogP contribution in [0.3, 0.4) is 0 Å². The van der Waals surface area contributed by atoms with Crippen molar-refractivity contribution in [3.05, 3.63) is 59.7 Å². The SMILES string of the molecule is C=C1C[C@H]2C=Nc3cc(OC(CC)Oc4cc5c(cc4OC)C(=O)N4CC(=C)C[C@H]4C=N5)c(OC)cc3C(=O)N2C1. The topological polar surface area (TPSA) is 102 Å². The predicted molar refractivity (Wildman–Crippen MR) is 155 cm³/mol. The molecule has 0 radical (unpaired) electrons. The van der Waals surface area contributed by atoms with Gasteiger partial charge in [0, 0.05) is 44.1 Å². The zero-order chi connectivity index (χ0) is 28.8. The minimum atomic E-state index is -0.747. The molecule has 6 rings (SSSR count). The third-order valence-electron chi connectivity index (χ3n) is 7.75. The highest BCUT2D eigenvalue weighted by Gasteiger charge is 2.36. The second kappa shape index (κ2) is 10.4. The van der Waals surface area contributed by atoms with Crippen molar-refractivity contribution in [2.45, 2.75) is 44.6 Å². The Morgan fingerprint density at radius 2 is 1.22 bits per heavy atom. The first-order chi connectivity index (χ1) is 19.8. The van der Waals surface area contributed by atoms with E-state index in [4.69, 9.17) is 18.9 Å². The standard InChI is InChI=1S/C31H32N4O6/c1-6-29(40-27-11-23-21(9-25(27)38-4)30(36)34-15-17(2)7-19(34)13-32-23)41-28-12-24-22(10-26(28)39-5)31(37)35-16-18(3)8-20(35)14-33-24/h9-14,19-20,29H,2-3,6-8,15-16H2,1,4-5H3/t19-,20-/m0/s1. The Morgan fingerprint density at radius 1 is 0.780 bits per heavy atom. The van der Waals surface area contributed by atoms with E-state index in [1.165, 1.54) is 14.2 Å². The largest absolute Gasteiger partial charge is 0.493 e. The Bertz CT molecular complexity index is 1420. The van der Waals surface area contributed by atoms with Crippen molar-refractivity contribution in [2.24, 2.45) is 9.98 Å².